The largest absolute Gasteiger partial charge is 0.478 e. The van der Waals surface area contributed by atoms with Gasteiger partial charge in [-0.05, 0) is 26.8 Å². The molecule has 7 nitrogen and oxygen atoms in total. The maximum atomic E-state index is 11.1. The first-order chi connectivity index (χ1) is 9.73. The number of likely N-dealkylation sites (N-methyl/N-ethyl adjacent to an activating group) is 1. The summed E-state index contributed by atoms with van der Waals surface area (Å²) in [6.07, 6.45) is 0.0965. The Morgan fingerprint density at radius 1 is 1.48 bits per heavy atom. The van der Waals surface area contributed by atoms with Crippen LogP contribution in [0.3, 0.4) is 0 Å². The van der Waals surface area contributed by atoms with Crippen LogP contribution < -0.4 is 4.90 Å². The molecule has 0 saturated heterocycles. The van der Waals surface area contributed by atoms with Gasteiger partial charge in [-0.25, -0.2) is 4.79 Å². The Labute approximate surface area is 123 Å². The second-order valence-electron chi connectivity index (χ2n) is 5.04. The van der Waals surface area contributed by atoms with Crippen molar-refractivity contribution in [1.29, 1.82) is 0 Å². The number of hydrogen-bond donors (Lipinski definition) is 1. The third-order valence-electron chi connectivity index (χ3n) is 3.09. The van der Waals surface area contributed by atoms with E-state index in [2.05, 4.69) is 0 Å². The van der Waals surface area contributed by atoms with Crippen molar-refractivity contribution < 1.29 is 19.6 Å². The van der Waals surface area contributed by atoms with E-state index in [1.165, 1.54) is 6.07 Å². The quantitative estimate of drug-likeness (QED) is 0.613. The molecule has 0 amide bonds. The van der Waals surface area contributed by atoms with Gasteiger partial charge in [-0.2, -0.15) is 0 Å². The summed E-state index contributed by atoms with van der Waals surface area (Å²) in [6.45, 7) is 6.42. The fraction of sp³-hybridized carbons (Fsp3) is 0.500. The van der Waals surface area contributed by atoms with Crippen molar-refractivity contribution >= 4 is 17.3 Å². The van der Waals surface area contributed by atoms with E-state index < -0.39 is 10.9 Å². The molecule has 0 radical (unpaired) electrons. The van der Waals surface area contributed by atoms with Gasteiger partial charge in [-0.1, -0.05) is 0 Å². The third kappa shape index (κ3) is 4.42. The molecule has 0 saturated carbocycles. The van der Waals surface area contributed by atoms with Crippen LogP contribution in [0.4, 0.5) is 11.4 Å². The van der Waals surface area contributed by atoms with E-state index in [4.69, 9.17) is 9.84 Å². The number of aromatic carboxylic acids is 1. The maximum Gasteiger partial charge on any atom is 0.336 e. The number of hydrogen-bond acceptors (Lipinski definition) is 5. The van der Waals surface area contributed by atoms with Crippen LogP contribution in [0.15, 0.2) is 12.1 Å². The standard InChI is InChI=1S/C14H20N2O5/c1-9(2)21-6-5-15(4)12-7-11(14(17)18)8-13(10(12)3)16(19)20/h7-9H,5-6H2,1-4H3,(H,17,18). The number of anilines is 1. The lowest BCUT2D eigenvalue weighted by atomic mass is 10.1. The van der Waals surface area contributed by atoms with Gasteiger partial charge in [0.1, 0.15) is 0 Å². The monoisotopic (exact) mass is 296 g/mol. The SMILES string of the molecule is Cc1c(N(C)CCOC(C)C)cc(C(=O)O)cc1[N+](=O)[O-]. The number of nitro groups is 1. The van der Waals surface area contributed by atoms with Crippen LogP contribution in [0.2, 0.25) is 0 Å². The van der Waals surface area contributed by atoms with Crippen molar-refractivity contribution in [3.63, 3.8) is 0 Å². The van der Waals surface area contributed by atoms with E-state index >= 15 is 0 Å². The maximum absolute atomic E-state index is 11.1. The first-order valence-corrected chi connectivity index (χ1v) is 6.59. The Morgan fingerprint density at radius 3 is 2.57 bits per heavy atom. The summed E-state index contributed by atoms with van der Waals surface area (Å²) in [4.78, 5) is 23.3. The molecule has 21 heavy (non-hydrogen) atoms. The number of nitrogens with zero attached hydrogens (tertiary/aromatic N) is 2. The molecule has 116 valence electrons. The van der Waals surface area contributed by atoms with Crippen molar-refractivity contribution in [2.75, 3.05) is 25.1 Å². The Morgan fingerprint density at radius 2 is 2.10 bits per heavy atom. The summed E-state index contributed by atoms with van der Waals surface area (Å²) in [7, 11) is 1.75. The number of rotatable bonds is 7. The first-order valence-electron chi connectivity index (χ1n) is 6.59. The average molecular weight is 296 g/mol. The molecule has 1 rings (SSSR count). The molecule has 0 unspecified atom stereocenters. The summed E-state index contributed by atoms with van der Waals surface area (Å²) >= 11 is 0. The second-order valence-corrected chi connectivity index (χ2v) is 5.04. The van der Waals surface area contributed by atoms with Gasteiger partial charge in [-0.15, -0.1) is 0 Å². The molecule has 0 spiro atoms. The number of carboxylic acids is 1. The Bertz CT molecular complexity index is 542. The van der Waals surface area contributed by atoms with Gasteiger partial charge in [0, 0.05) is 25.3 Å². The predicted octanol–water partition coefficient (Wildman–Crippen LogP) is 2.46. The van der Waals surface area contributed by atoms with Crippen molar-refractivity contribution in [1.82, 2.24) is 0 Å². The van der Waals surface area contributed by atoms with Gasteiger partial charge in [0.05, 0.1) is 28.8 Å². The number of carboxylic acid groups (broad SMARTS) is 1. The molecule has 7 heteroatoms. The zero-order valence-electron chi connectivity index (χ0n) is 12.6. The van der Waals surface area contributed by atoms with E-state index in [1.807, 2.05) is 13.8 Å². The molecule has 0 aromatic heterocycles. The van der Waals surface area contributed by atoms with E-state index in [0.29, 0.717) is 24.4 Å². The fourth-order valence-electron chi connectivity index (χ4n) is 1.94. The molecule has 1 N–H and O–H groups in total. The number of benzene rings is 1. The summed E-state index contributed by atoms with van der Waals surface area (Å²) in [5.41, 5.74) is 0.673. The van der Waals surface area contributed by atoms with Gasteiger partial charge in [0.25, 0.3) is 5.69 Å². The van der Waals surface area contributed by atoms with E-state index in [1.54, 1.807) is 18.9 Å². The van der Waals surface area contributed by atoms with Gasteiger partial charge < -0.3 is 14.7 Å². The van der Waals surface area contributed by atoms with Crippen LogP contribution in [0.1, 0.15) is 29.8 Å². The number of carbonyl (C=O) groups is 1. The highest BCUT2D eigenvalue weighted by molar-refractivity contribution is 5.90. The van der Waals surface area contributed by atoms with Crippen LogP contribution >= 0.6 is 0 Å². The van der Waals surface area contributed by atoms with Crippen molar-refractivity contribution in [3.8, 4) is 0 Å². The van der Waals surface area contributed by atoms with Crippen LogP contribution in [-0.2, 0) is 4.74 Å². The smallest absolute Gasteiger partial charge is 0.336 e. The van der Waals surface area contributed by atoms with Gasteiger partial charge in [-0.3, -0.25) is 10.1 Å². The Hall–Kier alpha value is -2.15. The van der Waals surface area contributed by atoms with Gasteiger partial charge in [0.15, 0.2) is 0 Å². The molecule has 0 aliphatic carbocycles. The lowest BCUT2D eigenvalue weighted by molar-refractivity contribution is -0.385. The van der Waals surface area contributed by atoms with Crippen molar-refractivity contribution in [3.05, 3.63) is 33.4 Å². The van der Waals surface area contributed by atoms with Crippen LogP contribution in [0, 0.1) is 17.0 Å². The zero-order valence-corrected chi connectivity index (χ0v) is 12.6. The molecule has 0 aliphatic heterocycles. The topological polar surface area (TPSA) is 92.9 Å². The van der Waals surface area contributed by atoms with Gasteiger partial charge in [0.2, 0.25) is 0 Å². The highest BCUT2D eigenvalue weighted by atomic mass is 16.6. The number of nitro benzene ring substituents is 1. The Kier molecular flexibility index (Phi) is 5.66. The normalized spacial score (nSPS) is 10.7. The first kappa shape index (κ1) is 16.9. The molecule has 0 atom stereocenters. The molecular formula is C14H20N2O5. The molecule has 0 bridgehead atoms. The third-order valence-corrected chi connectivity index (χ3v) is 3.09. The molecule has 1 aromatic rings. The van der Waals surface area contributed by atoms with E-state index in [0.717, 1.165) is 6.07 Å². The predicted molar refractivity (Wildman–Crippen MR) is 79.2 cm³/mol. The highest BCUT2D eigenvalue weighted by Crippen LogP contribution is 2.30. The van der Waals surface area contributed by atoms with Gasteiger partial charge >= 0.3 is 5.97 Å². The lowest BCUT2D eigenvalue weighted by Gasteiger charge is -2.22. The van der Waals surface area contributed by atoms with Crippen molar-refractivity contribution in [2.45, 2.75) is 26.9 Å². The molecule has 1 aromatic carbocycles. The summed E-state index contributed by atoms with van der Waals surface area (Å²) in [5, 5.41) is 20.1. The lowest BCUT2D eigenvalue weighted by Crippen LogP contribution is -2.25. The summed E-state index contributed by atoms with van der Waals surface area (Å²) < 4.78 is 5.44. The minimum absolute atomic E-state index is 0.0965. The molecular weight excluding hydrogens is 276 g/mol. The average Bonchev–Trinajstić information content (AvgIpc) is 2.37. The van der Waals surface area contributed by atoms with Crippen LogP contribution in [-0.4, -0.2) is 42.3 Å². The fourth-order valence-corrected chi connectivity index (χ4v) is 1.94. The van der Waals surface area contributed by atoms with Crippen molar-refractivity contribution in [2.24, 2.45) is 0 Å². The minimum Gasteiger partial charge on any atom is -0.478 e. The van der Waals surface area contributed by atoms with Crippen LogP contribution in [0.25, 0.3) is 0 Å². The highest BCUT2D eigenvalue weighted by Gasteiger charge is 2.20. The second kappa shape index (κ2) is 7.03. The molecule has 0 aliphatic rings. The summed E-state index contributed by atoms with van der Waals surface area (Å²) in [6, 6.07) is 2.53. The van der Waals surface area contributed by atoms with E-state index in [-0.39, 0.29) is 17.4 Å². The zero-order chi connectivity index (χ0) is 16.2. The number of ether oxygens (including phenoxy) is 1. The minimum atomic E-state index is -1.19. The van der Waals surface area contributed by atoms with E-state index in [9.17, 15) is 14.9 Å². The summed E-state index contributed by atoms with van der Waals surface area (Å²) in [5.74, 6) is -1.19. The Balaban J connectivity index is 3.09. The molecule has 0 fully saturated rings. The van der Waals surface area contributed by atoms with Crippen LogP contribution in [0.5, 0.6) is 0 Å². The molecule has 0 heterocycles.